The topological polar surface area (TPSA) is 29.3 Å². The van der Waals surface area contributed by atoms with Crippen molar-refractivity contribution >= 4 is 60.7 Å². The number of aromatic nitrogens is 1. The number of benzene rings is 6. The number of nitrogens with zero attached hydrogens (tertiary/aromatic N) is 2. The maximum atomic E-state index is 6.50. The molecule has 0 fully saturated rings. The largest absolute Gasteiger partial charge is 0.452 e. The summed E-state index contributed by atoms with van der Waals surface area (Å²) < 4.78 is 6.50. The van der Waals surface area contributed by atoms with E-state index in [2.05, 4.69) is 120 Å². The number of anilines is 3. The molecule has 0 atom stereocenters. The van der Waals surface area contributed by atoms with Crippen LogP contribution in [-0.2, 0) is 0 Å². The zero-order chi connectivity index (χ0) is 26.5. The van der Waals surface area contributed by atoms with Gasteiger partial charge in [-0.15, -0.1) is 0 Å². The van der Waals surface area contributed by atoms with Crippen molar-refractivity contribution in [1.82, 2.24) is 4.98 Å². The first kappa shape index (κ1) is 22.6. The summed E-state index contributed by atoms with van der Waals surface area (Å²) in [5.41, 5.74) is 7.94. The van der Waals surface area contributed by atoms with E-state index in [9.17, 15) is 0 Å². The van der Waals surface area contributed by atoms with Gasteiger partial charge in [-0.3, -0.25) is 4.98 Å². The van der Waals surface area contributed by atoms with Gasteiger partial charge in [0.1, 0.15) is 11.1 Å². The quantitative estimate of drug-likeness (QED) is 0.220. The maximum absolute atomic E-state index is 6.50. The van der Waals surface area contributed by atoms with E-state index in [0.29, 0.717) is 0 Å². The normalized spacial score (nSPS) is 11.5. The molecule has 8 aromatic rings. The molecule has 3 nitrogen and oxygen atoms in total. The number of furan rings is 1. The molecule has 2 aromatic heterocycles. The summed E-state index contributed by atoms with van der Waals surface area (Å²) in [5, 5.41) is 5.84. The Hall–Kier alpha value is -5.41. The van der Waals surface area contributed by atoms with Crippen LogP contribution in [0.5, 0.6) is 0 Å². The third-order valence-electron chi connectivity index (χ3n) is 7.70. The van der Waals surface area contributed by atoms with Crippen LogP contribution in [0.2, 0.25) is 0 Å². The molecule has 6 aromatic carbocycles. The van der Waals surface area contributed by atoms with Crippen molar-refractivity contribution < 1.29 is 4.42 Å². The van der Waals surface area contributed by atoms with Crippen LogP contribution in [0.4, 0.5) is 17.1 Å². The molecule has 3 heteroatoms. The minimum Gasteiger partial charge on any atom is -0.452 e. The van der Waals surface area contributed by atoms with Crippen molar-refractivity contribution in [3.63, 3.8) is 0 Å². The summed E-state index contributed by atoms with van der Waals surface area (Å²) in [4.78, 5) is 7.06. The summed E-state index contributed by atoms with van der Waals surface area (Å²) >= 11 is 0. The van der Waals surface area contributed by atoms with E-state index < -0.39 is 0 Å². The predicted octanol–water partition coefficient (Wildman–Crippen LogP) is 10.4. The van der Waals surface area contributed by atoms with Crippen molar-refractivity contribution in [1.29, 1.82) is 0 Å². The molecule has 0 aliphatic rings. The molecule has 0 spiro atoms. The fourth-order valence-electron chi connectivity index (χ4n) is 5.83. The van der Waals surface area contributed by atoms with Crippen LogP contribution in [0.3, 0.4) is 0 Å². The third kappa shape index (κ3) is 3.56. The number of hydrogen-bond donors (Lipinski definition) is 0. The molecule has 0 saturated heterocycles. The molecule has 0 radical (unpaired) electrons. The van der Waals surface area contributed by atoms with Crippen LogP contribution >= 0.6 is 0 Å². The second kappa shape index (κ2) is 9.11. The van der Waals surface area contributed by atoms with Gasteiger partial charge in [0.2, 0.25) is 0 Å². The summed E-state index contributed by atoms with van der Waals surface area (Å²) in [6.45, 7) is 0. The molecule has 0 aliphatic heterocycles. The lowest BCUT2D eigenvalue weighted by Gasteiger charge is -2.27. The Balaban J connectivity index is 1.43. The van der Waals surface area contributed by atoms with E-state index >= 15 is 0 Å². The number of para-hydroxylation sites is 1. The lowest BCUT2D eigenvalue weighted by atomic mass is 9.98. The lowest BCUT2D eigenvalue weighted by molar-refractivity contribution is 0.668. The van der Waals surface area contributed by atoms with Crippen molar-refractivity contribution in [3.05, 3.63) is 146 Å². The van der Waals surface area contributed by atoms with Crippen molar-refractivity contribution in [3.8, 4) is 11.1 Å². The average Bonchev–Trinajstić information content (AvgIpc) is 3.42. The van der Waals surface area contributed by atoms with Crippen molar-refractivity contribution in [2.24, 2.45) is 0 Å². The molecule has 0 saturated carbocycles. The van der Waals surface area contributed by atoms with Crippen molar-refractivity contribution in [2.45, 2.75) is 0 Å². The Morgan fingerprint density at radius 1 is 0.500 bits per heavy atom. The highest BCUT2D eigenvalue weighted by Crippen LogP contribution is 2.45. The number of fused-ring (bicyclic) bond motifs is 6. The van der Waals surface area contributed by atoms with Gasteiger partial charge in [0.25, 0.3) is 0 Å². The van der Waals surface area contributed by atoms with Gasteiger partial charge >= 0.3 is 0 Å². The first-order valence-electron chi connectivity index (χ1n) is 13.5. The van der Waals surface area contributed by atoms with Gasteiger partial charge in [-0.2, -0.15) is 0 Å². The van der Waals surface area contributed by atoms with Crippen LogP contribution in [0.1, 0.15) is 0 Å². The Labute approximate surface area is 231 Å². The molecule has 8 rings (SSSR count). The molecular formula is C37H24N2O. The highest BCUT2D eigenvalue weighted by molar-refractivity contribution is 6.16. The second-order valence-corrected chi connectivity index (χ2v) is 10.0. The Kier molecular flexibility index (Phi) is 5.14. The summed E-state index contributed by atoms with van der Waals surface area (Å²) in [6, 6.07) is 48.9. The first-order valence-corrected chi connectivity index (χ1v) is 13.5. The summed E-state index contributed by atoms with van der Waals surface area (Å²) in [7, 11) is 0. The first-order chi connectivity index (χ1) is 19.8. The van der Waals surface area contributed by atoms with Crippen LogP contribution in [0.15, 0.2) is 150 Å². The Morgan fingerprint density at radius 2 is 1.15 bits per heavy atom. The highest BCUT2D eigenvalue weighted by atomic mass is 16.3. The molecule has 0 amide bonds. The minimum absolute atomic E-state index is 0.771. The van der Waals surface area contributed by atoms with E-state index in [1.807, 2.05) is 30.5 Å². The highest BCUT2D eigenvalue weighted by Gasteiger charge is 2.22. The Morgan fingerprint density at radius 3 is 1.98 bits per heavy atom. The van der Waals surface area contributed by atoms with Crippen LogP contribution < -0.4 is 4.90 Å². The molecule has 188 valence electrons. The SMILES string of the molecule is c1ccc(-c2ccc(N(c3cc4ccccc4c4ccccc34)c3ccnc4c3oc3ccccc34)cc2)cc1. The lowest BCUT2D eigenvalue weighted by Crippen LogP contribution is -2.11. The average molecular weight is 513 g/mol. The van der Waals surface area contributed by atoms with Crippen LogP contribution in [-0.4, -0.2) is 4.98 Å². The predicted molar refractivity (Wildman–Crippen MR) is 167 cm³/mol. The fraction of sp³-hybridized carbons (Fsp3) is 0. The number of rotatable bonds is 4. The van der Waals surface area contributed by atoms with Gasteiger partial charge in [-0.05, 0) is 63.7 Å². The molecule has 0 bridgehead atoms. The van der Waals surface area contributed by atoms with Gasteiger partial charge in [0.05, 0.1) is 11.4 Å². The van der Waals surface area contributed by atoms with Gasteiger partial charge in [0.15, 0.2) is 5.58 Å². The molecule has 0 N–H and O–H groups in total. The Bertz CT molecular complexity index is 2160. The zero-order valence-corrected chi connectivity index (χ0v) is 21.7. The minimum atomic E-state index is 0.771. The monoisotopic (exact) mass is 512 g/mol. The van der Waals surface area contributed by atoms with Gasteiger partial charge in [0, 0.05) is 22.7 Å². The van der Waals surface area contributed by atoms with E-state index in [0.717, 1.165) is 39.1 Å². The summed E-state index contributed by atoms with van der Waals surface area (Å²) in [6.07, 6.45) is 1.88. The maximum Gasteiger partial charge on any atom is 0.177 e. The van der Waals surface area contributed by atoms with Gasteiger partial charge < -0.3 is 9.32 Å². The molecule has 0 aliphatic carbocycles. The fourth-order valence-corrected chi connectivity index (χ4v) is 5.83. The van der Waals surface area contributed by atoms with E-state index in [1.165, 1.54) is 32.7 Å². The summed E-state index contributed by atoms with van der Waals surface area (Å²) in [5.74, 6) is 0. The molecule has 40 heavy (non-hydrogen) atoms. The zero-order valence-electron chi connectivity index (χ0n) is 21.7. The molecular weight excluding hydrogens is 488 g/mol. The van der Waals surface area contributed by atoms with E-state index in [1.54, 1.807) is 0 Å². The second-order valence-electron chi connectivity index (χ2n) is 10.0. The number of hydrogen-bond acceptors (Lipinski definition) is 3. The molecule has 0 unspecified atom stereocenters. The number of pyridine rings is 1. The van der Waals surface area contributed by atoms with E-state index in [-0.39, 0.29) is 0 Å². The van der Waals surface area contributed by atoms with Crippen LogP contribution in [0, 0.1) is 0 Å². The van der Waals surface area contributed by atoms with Gasteiger partial charge in [-0.1, -0.05) is 103 Å². The smallest absolute Gasteiger partial charge is 0.177 e. The standard InChI is InChI=1S/C37H24N2O/c1-2-10-25(11-3-1)26-18-20-28(21-19-26)39(33-22-23-38-36-32-16-8-9-17-35(32)40-37(33)36)34-24-27-12-4-5-13-29(27)30-14-6-7-15-31(30)34/h1-24H. The van der Waals surface area contributed by atoms with E-state index in [4.69, 9.17) is 9.40 Å². The van der Waals surface area contributed by atoms with Gasteiger partial charge in [-0.25, -0.2) is 0 Å². The molecule has 2 heterocycles. The van der Waals surface area contributed by atoms with Crippen molar-refractivity contribution in [2.75, 3.05) is 4.90 Å². The third-order valence-corrected chi connectivity index (χ3v) is 7.70. The van der Waals surface area contributed by atoms with Crippen LogP contribution in [0.25, 0.3) is 54.7 Å².